The van der Waals surface area contributed by atoms with E-state index in [1.54, 1.807) is 0 Å². The van der Waals surface area contributed by atoms with Crippen molar-refractivity contribution in [3.63, 3.8) is 0 Å². The highest BCUT2D eigenvalue weighted by Crippen LogP contribution is 2.45. The standard InChI is InChI=1S/C20H30FNOSi/c1-19(2,3)24(4,5)23-18-10-12-20(13-11-18,14-15-22)16-6-8-17(21)9-7-16/h6-9,18H,10-14H2,1-5H3/t18-,20-. The Balaban J connectivity index is 2.10. The Morgan fingerprint density at radius 2 is 1.75 bits per heavy atom. The van der Waals surface area contributed by atoms with Crippen LogP contribution in [0.1, 0.15) is 58.4 Å². The lowest BCUT2D eigenvalue weighted by molar-refractivity contribution is 0.104. The van der Waals surface area contributed by atoms with Gasteiger partial charge in [-0.05, 0) is 61.5 Å². The van der Waals surface area contributed by atoms with Gasteiger partial charge in [0, 0.05) is 17.9 Å². The maximum Gasteiger partial charge on any atom is 0.192 e. The maximum atomic E-state index is 13.2. The van der Waals surface area contributed by atoms with Crippen molar-refractivity contribution >= 4 is 8.32 Å². The van der Waals surface area contributed by atoms with E-state index in [0.29, 0.717) is 6.42 Å². The molecule has 0 spiro atoms. The molecule has 0 saturated heterocycles. The first-order chi connectivity index (χ1) is 11.1. The zero-order valence-electron chi connectivity index (χ0n) is 15.7. The van der Waals surface area contributed by atoms with Crippen LogP contribution in [0.3, 0.4) is 0 Å². The average Bonchev–Trinajstić information content (AvgIpc) is 2.49. The van der Waals surface area contributed by atoms with Crippen LogP contribution in [0.5, 0.6) is 0 Å². The van der Waals surface area contributed by atoms with Gasteiger partial charge < -0.3 is 4.43 Å². The number of halogens is 1. The third-order valence-corrected chi connectivity index (χ3v) is 10.6. The summed E-state index contributed by atoms with van der Waals surface area (Å²) in [6, 6.07) is 9.06. The summed E-state index contributed by atoms with van der Waals surface area (Å²) < 4.78 is 19.8. The Hall–Kier alpha value is -1.18. The fraction of sp³-hybridized carbons (Fsp3) is 0.650. The Kier molecular flexibility index (Phi) is 5.56. The molecule has 0 aliphatic heterocycles. The van der Waals surface area contributed by atoms with Gasteiger partial charge in [0.2, 0.25) is 0 Å². The molecule has 1 aliphatic rings. The number of hydrogen-bond acceptors (Lipinski definition) is 2. The van der Waals surface area contributed by atoms with Gasteiger partial charge in [-0.15, -0.1) is 0 Å². The molecule has 0 heterocycles. The molecule has 1 aromatic carbocycles. The molecule has 0 radical (unpaired) electrons. The minimum atomic E-state index is -1.76. The van der Waals surface area contributed by atoms with Gasteiger partial charge in [0.05, 0.1) is 6.07 Å². The lowest BCUT2D eigenvalue weighted by atomic mass is 9.67. The fourth-order valence-electron chi connectivity index (χ4n) is 3.38. The van der Waals surface area contributed by atoms with Crippen LogP contribution in [0.2, 0.25) is 18.1 Å². The number of nitrogens with zero attached hydrogens (tertiary/aromatic N) is 1. The van der Waals surface area contributed by atoms with Gasteiger partial charge in [0.15, 0.2) is 8.32 Å². The molecule has 24 heavy (non-hydrogen) atoms. The highest BCUT2D eigenvalue weighted by molar-refractivity contribution is 6.74. The van der Waals surface area contributed by atoms with E-state index in [-0.39, 0.29) is 22.4 Å². The highest BCUT2D eigenvalue weighted by Gasteiger charge is 2.42. The summed E-state index contributed by atoms with van der Waals surface area (Å²) in [4.78, 5) is 0. The van der Waals surface area contributed by atoms with E-state index in [1.807, 2.05) is 12.1 Å². The van der Waals surface area contributed by atoms with Crippen molar-refractivity contribution in [3.05, 3.63) is 35.6 Å². The average molecular weight is 348 g/mol. The van der Waals surface area contributed by atoms with E-state index in [9.17, 15) is 9.65 Å². The maximum absolute atomic E-state index is 13.2. The monoisotopic (exact) mass is 347 g/mol. The molecule has 1 aliphatic carbocycles. The predicted octanol–water partition coefficient (Wildman–Crippen LogP) is 5.94. The van der Waals surface area contributed by atoms with Crippen LogP contribution in [0.15, 0.2) is 24.3 Å². The Labute approximate surface area is 147 Å². The molecule has 0 amide bonds. The highest BCUT2D eigenvalue weighted by atomic mass is 28.4. The predicted molar refractivity (Wildman–Crippen MR) is 98.8 cm³/mol. The number of benzene rings is 1. The second-order valence-corrected chi connectivity index (χ2v) is 13.5. The lowest BCUT2D eigenvalue weighted by Crippen LogP contribution is -2.46. The van der Waals surface area contributed by atoms with Gasteiger partial charge in [0.1, 0.15) is 5.82 Å². The molecular weight excluding hydrogens is 317 g/mol. The van der Waals surface area contributed by atoms with Crippen molar-refractivity contribution in [2.24, 2.45) is 0 Å². The summed E-state index contributed by atoms with van der Waals surface area (Å²) in [5, 5.41) is 9.52. The first kappa shape index (κ1) is 19.1. The van der Waals surface area contributed by atoms with Crippen LogP contribution in [-0.2, 0) is 9.84 Å². The quantitative estimate of drug-likeness (QED) is 0.631. The van der Waals surface area contributed by atoms with Crippen LogP contribution >= 0.6 is 0 Å². The van der Waals surface area contributed by atoms with Crippen LogP contribution in [-0.4, -0.2) is 14.4 Å². The van der Waals surface area contributed by atoms with E-state index in [0.717, 1.165) is 31.2 Å². The molecule has 2 nitrogen and oxygen atoms in total. The second kappa shape index (κ2) is 6.97. The summed E-state index contributed by atoms with van der Waals surface area (Å²) >= 11 is 0. The van der Waals surface area contributed by atoms with Crippen LogP contribution < -0.4 is 0 Å². The van der Waals surface area contributed by atoms with Crippen molar-refractivity contribution in [2.75, 3.05) is 0 Å². The van der Waals surface area contributed by atoms with E-state index in [4.69, 9.17) is 4.43 Å². The van der Waals surface area contributed by atoms with Gasteiger partial charge in [-0.1, -0.05) is 32.9 Å². The zero-order chi connectivity index (χ0) is 18.0. The topological polar surface area (TPSA) is 33.0 Å². The fourth-order valence-corrected chi connectivity index (χ4v) is 4.80. The molecule has 0 bridgehead atoms. The molecule has 2 rings (SSSR count). The Morgan fingerprint density at radius 3 is 2.21 bits per heavy atom. The molecular formula is C20H30FNOSi. The van der Waals surface area contributed by atoms with Crippen molar-refractivity contribution < 1.29 is 8.82 Å². The van der Waals surface area contributed by atoms with Gasteiger partial charge in [-0.25, -0.2) is 4.39 Å². The Morgan fingerprint density at radius 1 is 1.21 bits per heavy atom. The third-order valence-electron chi connectivity index (χ3n) is 6.03. The van der Waals surface area contributed by atoms with Crippen LogP contribution in [0.25, 0.3) is 0 Å². The number of rotatable bonds is 4. The molecule has 1 saturated carbocycles. The van der Waals surface area contributed by atoms with E-state index >= 15 is 0 Å². The van der Waals surface area contributed by atoms with Crippen molar-refractivity contribution in [3.8, 4) is 6.07 Å². The summed E-state index contributed by atoms with van der Waals surface area (Å²) in [7, 11) is -1.76. The zero-order valence-corrected chi connectivity index (χ0v) is 16.7. The smallest absolute Gasteiger partial charge is 0.192 e. The second-order valence-electron chi connectivity index (χ2n) is 8.70. The van der Waals surface area contributed by atoms with Crippen molar-refractivity contribution in [2.45, 2.75) is 82.5 Å². The molecule has 1 aromatic rings. The van der Waals surface area contributed by atoms with E-state index < -0.39 is 8.32 Å². The van der Waals surface area contributed by atoms with Crippen LogP contribution in [0.4, 0.5) is 4.39 Å². The normalized spacial score (nSPS) is 25.3. The van der Waals surface area contributed by atoms with Gasteiger partial charge in [-0.2, -0.15) is 5.26 Å². The molecule has 0 unspecified atom stereocenters. The van der Waals surface area contributed by atoms with Gasteiger partial charge >= 0.3 is 0 Å². The largest absolute Gasteiger partial charge is 0.414 e. The van der Waals surface area contributed by atoms with Crippen molar-refractivity contribution in [1.82, 2.24) is 0 Å². The minimum absolute atomic E-state index is 0.143. The van der Waals surface area contributed by atoms with E-state index in [1.165, 1.54) is 12.1 Å². The summed E-state index contributed by atoms with van der Waals surface area (Å²) in [5.74, 6) is -0.221. The van der Waals surface area contributed by atoms with Crippen LogP contribution in [0, 0.1) is 17.1 Å². The van der Waals surface area contributed by atoms with Gasteiger partial charge in [0.25, 0.3) is 0 Å². The molecule has 0 N–H and O–H groups in total. The van der Waals surface area contributed by atoms with E-state index in [2.05, 4.69) is 39.9 Å². The molecule has 0 aromatic heterocycles. The lowest BCUT2D eigenvalue weighted by Gasteiger charge is -2.44. The summed E-state index contributed by atoms with van der Waals surface area (Å²) in [6.07, 6.45) is 4.61. The molecule has 0 atom stereocenters. The molecule has 1 fully saturated rings. The summed E-state index contributed by atoms with van der Waals surface area (Å²) in [5.41, 5.74) is 0.951. The SMILES string of the molecule is CC(C)(C)[Si](C)(C)O[C@H]1CC[C@](CC#N)(c2ccc(F)cc2)CC1. The number of hydrogen-bond donors (Lipinski definition) is 0. The minimum Gasteiger partial charge on any atom is -0.414 e. The Bertz CT molecular complexity index is 590. The first-order valence-corrected chi connectivity index (χ1v) is 11.8. The molecule has 4 heteroatoms. The van der Waals surface area contributed by atoms with Gasteiger partial charge in [-0.3, -0.25) is 0 Å². The van der Waals surface area contributed by atoms with Crippen molar-refractivity contribution in [1.29, 1.82) is 5.26 Å². The summed E-state index contributed by atoms with van der Waals surface area (Å²) in [6.45, 7) is 11.4. The first-order valence-electron chi connectivity index (χ1n) is 8.90. The molecule has 132 valence electrons. The number of nitriles is 1. The third kappa shape index (κ3) is 4.07.